The van der Waals surface area contributed by atoms with Crippen molar-refractivity contribution in [2.75, 3.05) is 7.11 Å². The molecule has 27 heavy (non-hydrogen) atoms. The SMILES string of the molecule is COc1ccc(C)cc1COC(=O)c1c(-c2c(F)cccc2Cl)noc1C. The van der Waals surface area contributed by atoms with Gasteiger partial charge in [-0.2, -0.15) is 0 Å². The first kappa shape index (κ1) is 18.9. The number of aromatic nitrogens is 1. The van der Waals surface area contributed by atoms with Crippen LogP contribution in [0, 0.1) is 19.7 Å². The molecule has 0 unspecified atom stereocenters. The second-order valence-corrected chi connectivity index (χ2v) is 6.36. The highest BCUT2D eigenvalue weighted by Crippen LogP contribution is 2.34. The predicted octanol–water partition coefficient (Wildman–Crippen LogP) is 5.12. The number of carbonyl (C=O) groups is 1. The van der Waals surface area contributed by atoms with Gasteiger partial charge in [-0.15, -0.1) is 0 Å². The molecule has 1 aromatic heterocycles. The molecule has 0 spiro atoms. The van der Waals surface area contributed by atoms with Gasteiger partial charge in [-0.25, -0.2) is 9.18 Å². The van der Waals surface area contributed by atoms with E-state index < -0.39 is 11.8 Å². The molecule has 0 radical (unpaired) electrons. The fraction of sp³-hybridized carbons (Fsp3) is 0.200. The monoisotopic (exact) mass is 389 g/mol. The van der Waals surface area contributed by atoms with Crippen molar-refractivity contribution >= 4 is 17.6 Å². The minimum absolute atomic E-state index is 0.00361. The molecule has 3 rings (SSSR count). The van der Waals surface area contributed by atoms with E-state index in [0.29, 0.717) is 11.3 Å². The standard InChI is InChI=1S/C20H17ClFNO4/c1-11-7-8-16(25-3)13(9-11)10-26-20(24)17-12(2)27-23-19(17)18-14(21)5-4-6-15(18)22/h4-9H,10H2,1-3H3. The maximum absolute atomic E-state index is 14.2. The minimum atomic E-state index is -0.688. The molecule has 2 aromatic carbocycles. The maximum Gasteiger partial charge on any atom is 0.344 e. The highest BCUT2D eigenvalue weighted by molar-refractivity contribution is 6.33. The van der Waals surface area contributed by atoms with Gasteiger partial charge in [0.15, 0.2) is 0 Å². The molecule has 7 heteroatoms. The van der Waals surface area contributed by atoms with Crippen molar-refractivity contribution in [3.63, 3.8) is 0 Å². The molecule has 0 saturated carbocycles. The summed E-state index contributed by atoms with van der Waals surface area (Å²) in [7, 11) is 1.54. The molecule has 0 fully saturated rings. The summed E-state index contributed by atoms with van der Waals surface area (Å²) >= 11 is 6.09. The Bertz CT molecular complexity index is 979. The predicted molar refractivity (Wildman–Crippen MR) is 98.5 cm³/mol. The summed E-state index contributed by atoms with van der Waals surface area (Å²) in [4.78, 5) is 12.7. The number of aryl methyl sites for hydroxylation is 2. The Labute approximate surface area is 160 Å². The fourth-order valence-electron chi connectivity index (χ4n) is 2.74. The summed E-state index contributed by atoms with van der Waals surface area (Å²) in [5.41, 5.74) is 1.76. The van der Waals surface area contributed by atoms with Crippen LogP contribution in [0.25, 0.3) is 11.3 Å². The molecule has 5 nitrogen and oxygen atoms in total. The van der Waals surface area contributed by atoms with Crippen LogP contribution in [-0.4, -0.2) is 18.2 Å². The Morgan fingerprint density at radius 1 is 1.26 bits per heavy atom. The zero-order chi connectivity index (χ0) is 19.6. The van der Waals surface area contributed by atoms with Crippen molar-refractivity contribution in [1.82, 2.24) is 5.16 Å². The maximum atomic E-state index is 14.2. The molecule has 0 aliphatic rings. The molecule has 0 N–H and O–H groups in total. The van der Waals surface area contributed by atoms with Gasteiger partial charge in [-0.3, -0.25) is 0 Å². The number of ether oxygens (including phenoxy) is 2. The van der Waals surface area contributed by atoms with Gasteiger partial charge in [0, 0.05) is 5.56 Å². The Morgan fingerprint density at radius 3 is 2.74 bits per heavy atom. The summed E-state index contributed by atoms with van der Waals surface area (Å²) in [6.07, 6.45) is 0. The lowest BCUT2D eigenvalue weighted by Crippen LogP contribution is -2.08. The number of carbonyl (C=O) groups excluding carboxylic acids is 1. The van der Waals surface area contributed by atoms with Crippen molar-refractivity contribution < 1.29 is 23.2 Å². The third-order valence-electron chi connectivity index (χ3n) is 4.06. The van der Waals surface area contributed by atoms with E-state index in [-0.39, 0.29) is 34.2 Å². The van der Waals surface area contributed by atoms with Gasteiger partial charge in [0.05, 0.1) is 17.7 Å². The van der Waals surface area contributed by atoms with Gasteiger partial charge in [0.25, 0.3) is 0 Å². The molecule has 0 aliphatic carbocycles. The van der Waals surface area contributed by atoms with Gasteiger partial charge < -0.3 is 14.0 Å². The van der Waals surface area contributed by atoms with E-state index in [1.165, 1.54) is 18.2 Å². The summed E-state index contributed by atoms with van der Waals surface area (Å²) < 4.78 is 30.0. The van der Waals surface area contributed by atoms with Crippen LogP contribution in [0.15, 0.2) is 40.9 Å². The van der Waals surface area contributed by atoms with Crippen LogP contribution >= 0.6 is 11.6 Å². The molecule has 0 atom stereocenters. The van der Waals surface area contributed by atoms with Crippen LogP contribution in [0.2, 0.25) is 5.02 Å². The van der Waals surface area contributed by atoms with Crippen LogP contribution in [0.3, 0.4) is 0 Å². The molecular weight excluding hydrogens is 373 g/mol. The van der Waals surface area contributed by atoms with Gasteiger partial charge in [0.2, 0.25) is 0 Å². The number of nitrogens with zero attached hydrogens (tertiary/aromatic N) is 1. The summed E-state index contributed by atoms with van der Waals surface area (Å²) in [6, 6.07) is 9.77. The number of rotatable bonds is 5. The van der Waals surface area contributed by atoms with E-state index in [0.717, 1.165) is 5.56 Å². The highest BCUT2D eigenvalue weighted by Gasteiger charge is 2.26. The zero-order valence-corrected chi connectivity index (χ0v) is 15.8. The molecule has 0 amide bonds. The Balaban J connectivity index is 1.91. The van der Waals surface area contributed by atoms with Crippen molar-refractivity contribution in [1.29, 1.82) is 0 Å². The molecular formula is C20H17ClFNO4. The van der Waals surface area contributed by atoms with Crippen LogP contribution in [0.5, 0.6) is 5.75 Å². The van der Waals surface area contributed by atoms with Gasteiger partial charge in [0.1, 0.15) is 35.2 Å². The molecule has 3 aromatic rings. The van der Waals surface area contributed by atoms with E-state index >= 15 is 0 Å². The second-order valence-electron chi connectivity index (χ2n) is 5.95. The fourth-order valence-corrected chi connectivity index (χ4v) is 3.00. The van der Waals surface area contributed by atoms with Gasteiger partial charge in [-0.1, -0.05) is 34.5 Å². The normalized spacial score (nSPS) is 10.7. The van der Waals surface area contributed by atoms with E-state index in [9.17, 15) is 9.18 Å². The van der Waals surface area contributed by atoms with Crippen molar-refractivity contribution in [2.45, 2.75) is 20.5 Å². The van der Waals surface area contributed by atoms with Gasteiger partial charge in [-0.05, 0) is 38.1 Å². The average Bonchev–Trinajstić information content (AvgIpc) is 3.01. The number of hydrogen-bond acceptors (Lipinski definition) is 5. The quantitative estimate of drug-likeness (QED) is 0.567. The number of benzene rings is 2. The first-order chi connectivity index (χ1) is 12.9. The Hall–Kier alpha value is -2.86. The summed E-state index contributed by atoms with van der Waals surface area (Å²) in [5, 5.41) is 3.93. The topological polar surface area (TPSA) is 61.6 Å². The van der Waals surface area contributed by atoms with Gasteiger partial charge >= 0.3 is 5.97 Å². The second kappa shape index (κ2) is 7.80. The third kappa shape index (κ3) is 3.80. The summed E-state index contributed by atoms with van der Waals surface area (Å²) in [5.74, 6) is -0.477. The minimum Gasteiger partial charge on any atom is -0.496 e. The van der Waals surface area contributed by atoms with Crippen molar-refractivity contribution in [2.24, 2.45) is 0 Å². The Kier molecular flexibility index (Phi) is 5.46. The molecule has 140 valence electrons. The van der Waals surface area contributed by atoms with Crippen molar-refractivity contribution in [3.05, 3.63) is 69.7 Å². The average molecular weight is 390 g/mol. The third-order valence-corrected chi connectivity index (χ3v) is 4.38. The molecule has 0 saturated heterocycles. The van der Waals surface area contributed by atoms with E-state index in [1.807, 2.05) is 19.1 Å². The van der Waals surface area contributed by atoms with Crippen LogP contribution in [0.4, 0.5) is 4.39 Å². The number of methoxy groups -OCH3 is 1. The lowest BCUT2D eigenvalue weighted by molar-refractivity contribution is 0.0469. The van der Waals surface area contributed by atoms with Crippen LogP contribution in [0.1, 0.15) is 27.2 Å². The first-order valence-electron chi connectivity index (χ1n) is 8.13. The molecule has 0 bridgehead atoms. The van der Waals surface area contributed by atoms with Crippen LogP contribution in [-0.2, 0) is 11.3 Å². The number of esters is 1. The lowest BCUT2D eigenvalue weighted by Gasteiger charge is -2.11. The largest absolute Gasteiger partial charge is 0.496 e. The molecule has 1 heterocycles. The first-order valence-corrected chi connectivity index (χ1v) is 8.51. The zero-order valence-electron chi connectivity index (χ0n) is 15.0. The summed E-state index contributed by atoms with van der Waals surface area (Å²) in [6.45, 7) is 3.46. The van der Waals surface area contributed by atoms with E-state index in [1.54, 1.807) is 20.1 Å². The Morgan fingerprint density at radius 2 is 2.04 bits per heavy atom. The van der Waals surface area contributed by atoms with Crippen LogP contribution < -0.4 is 4.74 Å². The smallest absolute Gasteiger partial charge is 0.344 e. The lowest BCUT2D eigenvalue weighted by atomic mass is 10.1. The van der Waals surface area contributed by atoms with E-state index in [2.05, 4.69) is 5.16 Å². The number of hydrogen-bond donors (Lipinski definition) is 0. The number of halogens is 2. The highest BCUT2D eigenvalue weighted by atomic mass is 35.5. The molecule has 0 aliphatic heterocycles. The van der Waals surface area contributed by atoms with Crippen molar-refractivity contribution in [3.8, 4) is 17.0 Å². The van der Waals surface area contributed by atoms with E-state index in [4.69, 9.17) is 25.6 Å².